The number of carbonyl (C=O) groups excluding carboxylic acids is 1. The number of hydrogen-bond donors (Lipinski definition) is 1. The largest absolute Gasteiger partial charge is 0.492 e. The summed E-state index contributed by atoms with van der Waals surface area (Å²) in [6.07, 6.45) is 0.962. The second kappa shape index (κ2) is 7.87. The van der Waals surface area contributed by atoms with Crippen LogP contribution >= 0.6 is 11.6 Å². The Morgan fingerprint density at radius 1 is 1.27 bits per heavy atom. The maximum Gasteiger partial charge on any atom is 0.262 e. The number of hydrogen-bond acceptors (Lipinski definition) is 4. The Bertz CT molecular complexity index is 822. The second-order valence-electron chi connectivity index (χ2n) is 6.27. The quantitative estimate of drug-likeness (QED) is 0.813. The normalized spacial score (nSPS) is 15.2. The van der Waals surface area contributed by atoms with Crippen LogP contribution < -0.4 is 19.5 Å². The van der Waals surface area contributed by atoms with Crippen LogP contribution in [0.2, 0.25) is 5.02 Å². The number of nitrogens with one attached hydrogen (secondary N) is 1. The van der Waals surface area contributed by atoms with E-state index in [0.29, 0.717) is 28.8 Å². The minimum absolute atomic E-state index is 0.109. The molecule has 1 heterocycles. The predicted molar refractivity (Wildman–Crippen MR) is 102 cm³/mol. The van der Waals surface area contributed by atoms with Gasteiger partial charge in [-0.15, -0.1) is 0 Å². The first kappa shape index (κ1) is 18.4. The molecule has 0 spiro atoms. The number of benzene rings is 2. The van der Waals surface area contributed by atoms with Crippen molar-refractivity contribution < 1.29 is 19.0 Å². The third kappa shape index (κ3) is 4.22. The average Bonchev–Trinajstić information content (AvgIpc) is 2.93. The maximum absolute atomic E-state index is 12.3. The Kier molecular flexibility index (Phi) is 5.57. The van der Waals surface area contributed by atoms with E-state index < -0.39 is 0 Å². The molecule has 0 saturated heterocycles. The zero-order valence-corrected chi connectivity index (χ0v) is 15.9. The summed E-state index contributed by atoms with van der Waals surface area (Å²) < 4.78 is 17.0. The first-order chi connectivity index (χ1) is 12.5. The number of rotatable bonds is 6. The molecule has 1 aliphatic rings. The molecule has 2 aromatic rings. The van der Waals surface area contributed by atoms with Crippen molar-refractivity contribution in [2.24, 2.45) is 0 Å². The molecule has 1 N–H and O–H groups in total. The van der Waals surface area contributed by atoms with Gasteiger partial charge in [-0.25, -0.2) is 0 Å². The molecule has 6 heteroatoms. The predicted octanol–water partition coefficient (Wildman–Crippen LogP) is 4.39. The van der Waals surface area contributed by atoms with E-state index in [-0.39, 0.29) is 18.6 Å². The van der Waals surface area contributed by atoms with Gasteiger partial charge in [0, 0.05) is 23.1 Å². The van der Waals surface area contributed by atoms with Gasteiger partial charge in [0.05, 0.1) is 12.3 Å². The number of halogens is 1. The summed E-state index contributed by atoms with van der Waals surface area (Å²) in [6.45, 7) is 6.21. The van der Waals surface area contributed by atoms with E-state index in [4.69, 9.17) is 25.8 Å². The van der Waals surface area contributed by atoms with E-state index in [1.54, 1.807) is 18.2 Å². The van der Waals surface area contributed by atoms with Gasteiger partial charge < -0.3 is 19.5 Å². The first-order valence-corrected chi connectivity index (χ1v) is 8.99. The molecule has 26 heavy (non-hydrogen) atoms. The van der Waals surface area contributed by atoms with Crippen molar-refractivity contribution in [3.8, 4) is 17.2 Å². The van der Waals surface area contributed by atoms with Crippen LogP contribution in [-0.2, 0) is 11.2 Å². The molecular weight excluding hydrogens is 354 g/mol. The molecule has 3 rings (SSSR count). The molecule has 1 aliphatic heterocycles. The summed E-state index contributed by atoms with van der Waals surface area (Å²) in [6, 6.07) is 9.02. The van der Waals surface area contributed by atoms with E-state index in [2.05, 4.69) is 5.32 Å². The van der Waals surface area contributed by atoms with Crippen LogP contribution in [-0.4, -0.2) is 25.2 Å². The van der Waals surface area contributed by atoms with Gasteiger partial charge in [0.2, 0.25) is 0 Å². The molecule has 0 bridgehead atoms. The molecular formula is C20H22ClNO4. The van der Waals surface area contributed by atoms with Gasteiger partial charge >= 0.3 is 0 Å². The number of anilines is 1. The SMILES string of the molecule is CCOc1cc2c(cc1NC(=O)COc1ccc(Cl)cc1C)O[C@H](C)C2. The molecule has 5 nitrogen and oxygen atoms in total. The topological polar surface area (TPSA) is 56.8 Å². The standard InChI is InChI=1S/C20H22ClNO4/c1-4-24-19-9-14-8-13(3)26-18(14)10-16(19)22-20(23)11-25-17-6-5-15(21)7-12(17)2/h5-7,9-10,13H,4,8,11H2,1-3H3,(H,22,23)/t13-/m1/s1. The van der Waals surface area contributed by atoms with Crippen LogP contribution in [0.15, 0.2) is 30.3 Å². The zero-order valence-electron chi connectivity index (χ0n) is 15.1. The fourth-order valence-corrected chi connectivity index (χ4v) is 3.14. The molecule has 0 aliphatic carbocycles. The molecule has 2 aromatic carbocycles. The van der Waals surface area contributed by atoms with E-state index in [1.165, 1.54) is 0 Å². The fraction of sp³-hybridized carbons (Fsp3) is 0.350. The minimum atomic E-state index is -0.272. The summed E-state index contributed by atoms with van der Waals surface area (Å²) in [5, 5.41) is 3.48. The Morgan fingerprint density at radius 3 is 2.81 bits per heavy atom. The number of amides is 1. The van der Waals surface area contributed by atoms with Crippen LogP contribution in [0.1, 0.15) is 25.0 Å². The van der Waals surface area contributed by atoms with Gasteiger partial charge in [-0.2, -0.15) is 0 Å². The summed E-state index contributed by atoms with van der Waals surface area (Å²) >= 11 is 5.93. The molecule has 0 radical (unpaired) electrons. The summed E-state index contributed by atoms with van der Waals surface area (Å²) in [5.74, 6) is 1.78. The van der Waals surface area contributed by atoms with Crippen LogP contribution in [0.4, 0.5) is 5.69 Å². The highest BCUT2D eigenvalue weighted by atomic mass is 35.5. The number of carbonyl (C=O) groups is 1. The van der Waals surface area contributed by atoms with Gasteiger partial charge in [-0.05, 0) is 50.6 Å². The van der Waals surface area contributed by atoms with E-state index in [0.717, 1.165) is 23.3 Å². The third-order valence-corrected chi connectivity index (χ3v) is 4.30. The minimum Gasteiger partial charge on any atom is -0.492 e. The van der Waals surface area contributed by atoms with Crippen LogP contribution in [0, 0.1) is 6.92 Å². The molecule has 0 saturated carbocycles. The van der Waals surface area contributed by atoms with Gasteiger partial charge in [-0.1, -0.05) is 11.6 Å². The van der Waals surface area contributed by atoms with Crippen molar-refractivity contribution in [2.75, 3.05) is 18.5 Å². The molecule has 1 atom stereocenters. The molecule has 1 amide bonds. The monoisotopic (exact) mass is 375 g/mol. The van der Waals surface area contributed by atoms with Crippen molar-refractivity contribution >= 4 is 23.2 Å². The highest BCUT2D eigenvalue weighted by Crippen LogP contribution is 2.38. The molecule has 0 aromatic heterocycles. The maximum atomic E-state index is 12.3. The summed E-state index contributed by atoms with van der Waals surface area (Å²) in [5.41, 5.74) is 2.55. The lowest BCUT2D eigenvalue weighted by atomic mass is 10.1. The average molecular weight is 376 g/mol. The molecule has 138 valence electrons. The van der Waals surface area contributed by atoms with Crippen LogP contribution in [0.25, 0.3) is 0 Å². The van der Waals surface area contributed by atoms with Gasteiger partial charge in [0.15, 0.2) is 6.61 Å². The molecule has 0 fully saturated rings. The van der Waals surface area contributed by atoms with Gasteiger partial charge in [0.1, 0.15) is 23.4 Å². The number of fused-ring (bicyclic) bond motifs is 1. The first-order valence-electron chi connectivity index (χ1n) is 8.61. The van der Waals surface area contributed by atoms with Crippen LogP contribution in [0.5, 0.6) is 17.2 Å². The van der Waals surface area contributed by atoms with E-state index in [9.17, 15) is 4.79 Å². The lowest BCUT2D eigenvalue weighted by Gasteiger charge is -2.14. The van der Waals surface area contributed by atoms with Crippen molar-refractivity contribution in [3.63, 3.8) is 0 Å². The Morgan fingerprint density at radius 2 is 2.08 bits per heavy atom. The Labute approximate surface area is 158 Å². The summed E-state index contributed by atoms with van der Waals surface area (Å²) in [7, 11) is 0. The highest BCUT2D eigenvalue weighted by Gasteiger charge is 2.22. The van der Waals surface area contributed by atoms with E-state index >= 15 is 0 Å². The van der Waals surface area contributed by atoms with Crippen molar-refractivity contribution in [3.05, 3.63) is 46.5 Å². The van der Waals surface area contributed by atoms with Crippen molar-refractivity contribution in [1.29, 1.82) is 0 Å². The van der Waals surface area contributed by atoms with E-state index in [1.807, 2.05) is 32.9 Å². The Hall–Kier alpha value is -2.40. The number of ether oxygens (including phenoxy) is 3. The fourth-order valence-electron chi connectivity index (χ4n) is 2.92. The lowest BCUT2D eigenvalue weighted by Crippen LogP contribution is -2.21. The lowest BCUT2D eigenvalue weighted by molar-refractivity contribution is -0.118. The van der Waals surface area contributed by atoms with Gasteiger partial charge in [0.25, 0.3) is 5.91 Å². The second-order valence-corrected chi connectivity index (χ2v) is 6.70. The van der Waals surface area contributed by atoms with Gasteiger partial charge in [-0.3, -0.25) is 4.79 Å². The van der Waals surface area contributed by atoms with Crippen molar-refractivity contribution in [1.82, 2.24) is 0 Å². The summed E-state index contributed by atoms with van der Waals surface area (Å²) in [4.78, 5) is 12.3. The number of aryl methyl sites for hydroxylation is 1. The van der Waals surface area contributed by atoms with Crippen LogP contribution in [0.3, 0.4) is 0 Å². The zero-order chi connectivity index (χ0) is 18.7. The highest BCUT2D eigenvalue weighted by molar-refractivity contribution is 6.30. The Balaban J connectivity index is 1.69. The third-order valence-electron chi connectivity index (χ3n) is 4.07. The van der Waals surface area contributed by atoms with Crippen molar-refractivity contribution in [2.45, 2.75) is 33.3 Å². The molecule has 0 unspecified atom stereocenters. The smallest absolute Gasteiger partial charge is 0.262 e.